The topological polar surface area (TPSA) is 64.5 Å². The molecule has 1 aliphatic carbocycles. The highest BCUT2D eigenvalue weighted by Gasteiger charge is 2.24. The molecule has 0 atom stereocenters. The molecule has 5 aromatic rings. The third kappa shape index (κ3) is 2.63. The second-order valence-corrected chi connectivity index (χ2v) is 9.51. The van der Waals surface area contributed by atoms with Gasteiger partial charge < -0.3 is 0 Å². The van der Waals surface area contributed by atoms with Gasteiger partial charge in [-0.25, -0.2) is 19.9 Å². The maximum absolute atomic E-state index is 4.97. The number of thiophene rings is 2. The highest BCUT2D eigenvalue weighted by atomic mass is 32.2. The van der Waals surface area contributed by atoms with Gasteiger partial charge in [-0.1, -0.05) is 0 Å². The average molecular weight is 420 g/mol. The highest BCUT2D eigenvalue weighted by molar-refractivity contribution is 7.99. The van der Waals surface area contributed by atoms with Crippen LogP contribution >= 0.6 is 34.4 Å². The van der Waals surface area contributed by atoms with Crippen LogP contribution in [0.4, 0.5) is 0 Å². The lowest BCUT2D eigenvalue weighted by molar-refractivity contribution is 0.915. The van der Waals surface area contributed by atoms with Crippen LogP contribution in [0.15, 0.2) is 52.4 Å². The van der Waals surface area contributed by atoms with Gasteiger partial charge in [-0.3, -0.25) is 4.98 Å². The summed E-state index contributed by atoms with van der Waals surface area (Å²) < 4.78 is 0. The van der Waals surface area contributed by atoms with E-state index in [2.05, 4.69) is 26.4 Å². The first-order valence-electron chi connectivity index (χ1n) is 8.95. The minimum Gasteiger partial charge on any atom is -0.264 e. The molecule has 28 heavy (non-hydrogen) atoms. The third-order valence-electron chi connectivity index (χ3n) is 4.87. The van der Waals surface area contributed by atoms with Crippen LogP contribution in [-0.2, 0) is 12.8 Å². The fourth-order valence-electron chi connectivity index (χ4n) is 3.60. The van der Waals surface area contributed by atoms with Gasteiger partial charge in [0.15, 0.2) is 5.82 Å². The predicted molar refractivity (Wildman–Crippen MR) is 114 cm³/mol. The van der Waals surface area contributed by atoms with Gasteiger partial charge in [-0.15, -0.1) is 22.7 Å². The van der Waals surface area contributed by atoms with E-state index in [1.165, 1.54) is 22.2 Å². The van der Waals surface area contributed by atoms with Crippen molar-refractivity contribution < 1.29 is 0 Å². The van der Waals surface area contributed by atoms with Gasteiger partial charge in [0.2, 0.25) is 0 Å². The average Bonchev–Trinajstić information content (AvgIpc) is 3.44. The van der Waals surface area contributed by atoms with Crippen LogP contribution in [0.25, 0.3) is 31.8 Å². The minimum atomic E-state index is 0.721. The first kappa shape index (κ1) is 16.5. The molecule has 0 radical (unpaired) electrons. The number of aryl methyl sites for hydroxylation is 2. The maximum Gasteiger partial charge on any atom is 0.163 e. The number of aromatic nitrogens is 5. The summed E-state index contributed by atoms with van der Waals surface area (Å²) in [4.78, 5) is 26.5. The molecule has 8 heteroatoms. The molecule has 0 saturated heterocycles. The van der Waals surface area contributed by atoms with Crippen LogP contribution in [-0.4, -0.2) is 24.9 Å². The van der Waals surface area contributed by atoms with Crippen LogP contribution in [0.2, 0.25) is 0 Å². The van der Waals surface area contributed by atoms with E-state index in [1.807, 2.05) is 29.7 Å². The van der Waals surface area contributed by atoms with E-state index in [4.69, 9.17) is 9.97 Å². The molecule has 5 heterocycles. The summed E-state index contributed by atoms with van der Waals surface area (Å²) in [6.45, 7) is 0. The zero-order valence-corrected chi connectivity index (χ0v) is 17.1. The molecule has 0 amide bonds. The van der Waals surface area contributed by atoms with Crippen molar-refractivity contribution >= 4 is 54.9 Å². The van der Waals surface area contributed by atoms with E-state index in [-0.39, 0.29) is 0 Å². The van der Waals surface area contributed by atoms with Crippen LogP contribution in [0.3, 0.4) is 0 Å². The van der Waals surface area contributed by atoms with Crippen molar-refractivity contribution in [2.24, 2.45) is 0 Å². The molecule has 1 aliphatic rings. The van der Waals surface area contributed by atoms with E-state index < -0.39 is 0 Å². The van der Waals surface area contributed by atoms with Crippen molar-refractivity contribution in [2.75, 3.05) is 0 Å². The quantitative estimate of drug-likeness (QED) is 0.365. The van der Waals surface area contributed by atoms with Gasteiger partial charge >= 0.3 is 0 Å². The number of fused-ring (bicyclic) bond motifs is 4. The summed E-state index contributed by atoms with van der Waals surface area (Å²) in [5.74, 6) is 0.721. The molecule has 0 bridgehead atoms. The van der Waals surface area contributed by atoms with Crippen LogP contribution in [0.5, 0.6) is 0 Å². The molecular formula is C20H13N5S3. The summed E-state index contributed by atoms with van der Waals surface area (Å²) in [5, 5.41) is 6.27. The lowest BCUT2D eigenvalue weighted by Gasteiger charge is -2.07. The summed E-state index contributed by atoms with van der Waals surface area (Å²) in [7, 11) is 0. The normalized spacial score (nSPS) is 13.4. The number of hydrogen-bond acceptors (Lipinski definition) is 8. The predicted octanol–water partition coefficient (Wildman–Crippen LogP) is 5.40. The Bertz CT molecular complexity index is 1330. The van der Waals surface area contributed by atoms with Crippen molar-refractivity contribution in [3.8, 4) is 11.4 Å². The first-order valence-corrected chi connectivity index (χ1v) is 11.5. The Hall–Kier alpha value is -2.42. The Morgan fingerprint density at radius 2 is 2.00 bits per heavy atom. The molecule has 0 aromatic carbocycles. The second kappa shape index (κ2) is 6.58. The van der Waals surface area contributed by atoms with Gasteiger partial charge in [0.25, 0.3) is 0 Å². The Balaban J connectivity index is 1.58. The summed E-state index contributed by atoms with van der Waals surface area (Å²) >= 11 is 5.07. The van der Waals surface area contributed by atoms with Gasteiger partial charge in [0.1, 0.15) is 26.0 Å². The molecule has 5 nitrogen and oxygen atoms in total. The van der Waals surface area contributed by atoms with E-state index >= 15 is 0 Å². The molecule has 0 aliphatic heterocycles. The van der Waals surface area contributed by atoms with Crippen molar-refractivity contribution in [3.63, 3.8) is 0 Å². The lowest BCUT2D eigenvalue weighted by Crippen LogP contribution is -1.94. The smallest absolute Gasteiger partial charge is 0.163 e. The van der Waals surface area contributed by atoms with Gasteiger partial charge in [0, 0.05) is 33.6 Å². The number of pyridine rings is 1. The molecular weight excluding hydrogens is 406 g/mol. The molecule has 0 N–H and O–H groups in total. The molecule has 0 fully saturated rings. The lowest BCUT2D eigenvalue weighted by atomic mass is 10.2. The van der Waals surface area contributed by atoms with Gasteiger partial charge in [-0.05, 0) is 60.2 Å². The zero-order valence-electron chi connectivity index (χ0n) is 14.6. The number of rotatable bonds is 3. The highest BCUT2D eigenvalue weighted by Crippen LogP contribution is 2.43. The minimum absolute atomic E-state index is 0.721. The molecule has 0 unspecified atom stereocenters. The Morgan fingerprint density at radius 1 is 1.00 bits per heavy atom. The number of nitrogens with zero attached hydrogens (tertiary/aromatic N) is 5. The van der Waals surface area contributed by atoms with Crippen molar-refractivity contribution in [2.45, 2.75) is 29.3 Å². The van der Waals surface area contributed by atoms with Crippen molar-refractivity contribution in [1.82, 2.24) is 24.9 Å². The zero-order chi connectivity index (χ0) is 18.5. The fraction of sp³-hybridized carbons (Fsp3) is 0.150. The van der Waals surface area contributed by atoms with E-state index in [1.54, 1.807) is 35.6 Å². The standard InChI is InChI=1S/C20H13N5S3/c1-4-12-14(5-1)27-19-15(12)20(25-16(24-19)11-3-2-7-21-9-11)28-18-13-6-8-26-17(13)22-10-23-18/h2-3,6-10H,1,4-5H2. The summed E-state index contributed by atoms with van der Waals surface area (Å²) in [5.41, 5.74) is 2.36. The number of hydrogen-bond donors (Lipinski definition) is 0. The molecule has 5 aromatic heterocycles. The second-order valence-electron chi connectivity index (χ2n) is 6.55. The van der Waals surface area contributed by atoms with Gasteiger partial charge in [0.05, 0.1) is 0 Å². The van der Waals surface area contributed by atoms with Crippen LogP contribution in [0, 0.1) is 0 Å². The third-order valence-corrected chi connectivity index (χ3v) is 7.88. The SMILES string of the molecule is c1cncc(-c2nc(Sc3ncnc4sccc34)c3c4c(sc3n2)CCC4)c1. The van der Waals surface area contributed by atoms with Crippen molar-refractivity contribution in [3.05, 3.63) is 52.7 Å². The molecule has 0 saturated carbocycles. The van der Waals surface area contributed by atoms with E-state index in [0.29, 0.717) is 0 Å². The molecule has 6 rings (SSSR count). The fourth-order valence-corrected chi connectivity index (χ4v) is 6.74. The molecule has 136 valence electrons. The first-order chi connectivity index (χ1) is 13.9. The summed E-state index contributed by atoms with van der Waals surface area (Å²) in [6, 6.07) is 6.01. The van der Waals surface area contributed by atoms with Gasteiger partial charge in [-0.2, -0.15) is 0 Å². The van der Waals surface area contributed by atoms with E-state index in [9.17, 15) is 0 Å². The van der Waals surface area contributed by atoms with Crippen molar-refractivity contribution in [1.29, 1.82) is 0 Å². The van der Waals surface area contributed by atoms with E-state index in [0.717, 1.165) is 49.3 Å². The largest absolute Gasteiger partial charge is 0.264 e. The van der Waals surface area contributed by atoms with Crippen LogP contribution < -0.4 is 0 Å². The Morgan fingerprint density at radius 3 is 2.93 bits per heavy atom. The Labute approximate surface area is 172 Å². The maximum atomic E-state index is 4.97. The molecule has 0 spiro atoms. The Kier molecular flexibility index (Phi) is 3.88. The summed E-state index contributed by atoms with van der Waals surface area (Å²) in [6.07, 6.45) is 8.69. The van der Waals surface area contributed by atoms with Crippen LogP contribution in [0.1, 0.15) is 16.9 Å². The monoisotopic (exact) mass is 419 g/mol.